The van der Waals surface area contributed by atoms with E-state index in [0.29, 0.717) is 22.0 Å². The number of carbonyl (C=O) groups excluding carboxylic acids is 2. The van der Waals surface area contributed by atoms with Crippen LogP contribution in [0.3, 0.4) is 0 Å². The number of rotatable bonds is 5. The molecule has 39 heavy (non-hydrogen) atoms. The Kier molecular flexibility index (Phi) is 8.75. The lowest BCUT2D eigenvalue weighted by atomic mass is 10.0. The number of allylic oxidation sites excluding steroid dienone is 8. The average Bonchev–Trinajstić information content (AvgIpc) is 2.89. The molecule has 1 unspecified atom stereocenters. The average molecular weight is 573 g/mol. The first kappa shape index (κ1) is 28.0. The second-order valence-corrected chi connectivity index (χ2v) is 9.59. The van der Waals surface area contributed by atoms with Gasteiger partial charge < -0.3 is 10.6 Å². The third-order valence-electron chi connectivity index (χ3n) is 5.32. The first-order valence-electron chi connectivity index (χ1n) is 11.3. The van der Waals surface area contributed by atoms with Gasteiger partial charge in [-0.3, -0.25) is 10.0 Å². The number of anilines is 1. The number of nitrogens with one attached hydrogen (secondary N) is 2. The van der Waals surface area contributed by atoms with E-state index in [2.05, 4.69) is 15.6 Å². The van der Waals surface area contributed by atoms with Gasteiger partial charge in [0.2, 0.25) is 0 Å². The summed E-state index contributed by atoms with van der Waals surface area (Å²) in [5.41, 5.74) is -3.00. The lowest BCUT2D eigenvalue weighted by Crippen LogP contribution is -2.37. The summed E-state index contributed by atoms with van der Waals surface area (Å²) in [7, 11) is 0. The Morgan fingerprint density at radius 2 is 1.67 bits per heavy atom. The van der Waals surface area contributed by atoms with Crippen molar-refractivity contribution in [2.75, 3.05) is 5.32 Å². The molecule has 3 N–H and O–H groups in total. The van der Waals surface area contributed by atoms with Crippen LogP contribution in [-0.2, 0) is 4.79 Å². The minimum atomic E-state index is -4.62. The second kappa shape index (κ2) is 12.2. The standard InChI is InChI=1S/C27H20ClF3N4O3S/c28-18-10-14-20(15-11-18)33-26(37)34-24(21-5-1-2-7-23(21)39-27(29,30)31)25(36)32-19-12-8-17(9-13-19)22-6-3-4-16-35(22)38/h1-16,24,38H,(H2,33,34,37). The molecule has 0 aromatic heterocycles. The molecule has 200 valence electrons. The predicted molar refractivity (Wildman–Crippen MR) is 144 cm³/mol. The van der Waals surface area contributed by atoms with Crippen molar-refractivity contribution in [3.63, 3.8) is 0 Å². The molecule has 1 atom stereocenters. The highest BCUT2D eigenvalue weighted by atomic mass is 35.5. The van der Waals surface area contributed by atoms with Crippen LogP contribution in [0.25, 0.3) is 0 Å². The highest BCUT2D eigenvalue weighted by molar-refractivity contribution is 8.00. The largest absolute Gasteiger partial charge is 0.446 e. The fourth-order valence-electron chi connectivity index (χ4n) is 3.60. The van der Waals surface area contributed by atoms with Gasteiger partial charge in [-0.25, -0.2) is 14.9 Å². The summed E-state index contributed by atoms with van der Waals surface area (Å²) < 4.78 is 39.7. The smallest absolute Gasteiger partial charge is 0.322 e. The summed E-state index contributed by atoms with van der Waals surface area (Å²) in [6.07, 6.45) is 12.8. The van der Waals surface area contributed by atoms with E-state index in [1.807, 2.05) is 0 Å². The van der Waals surface area contributed by atoms with Gasteiger partial charge in [-0.15, -0.1) is 0 Å². The van der Waals surface area contributed by atoms with E-state index in [1.54, 1.807) is 42.5 Å². The number of hydroxylamine groups is 2. The summed E-state index contributed by atoms with van der Waals surface area (Å²) in [5.74, 6) is -0.888. The van der Waals surface area contributed by atoms with E-state index in [1.165, 1.54) is 54.8 Å². The SMILES string of the molecule is O=C(Nc1ccc(Cl)cc1)NC(C(=O)N=C1C=CC(=C2C=CC=CN2O)C=C1)c1ccccc1SC(F)(F)F. The van der Waals surface area contributed by atoms with Crippen LogP contribution in [0.5, 0.6) is 0 Å². The molecule has 12 heteroatoms. The Labute approximate surface area is 230 Å². The molecule has 2 aliphatic rings. The topological polar surface area (TPSA) is 94.0 Å². The van der Waals surface area contributed by atoms with Gasteiger partial charge in [-0.05, 0) is 72.0 Å². The maximum absolute atomic E-state index is 13.3. The quantitative estimate of drug-likeness (QED) is 0.338. The predicted octanol–water partition coefficient (Wildman–Crippen LogP) is 6.94. The van der Waals surface area contributed by atoms with Crippen molar-refractivity contribution in [3.05, 3.63) is 119 Å². The molecule has 2 aromatic rings. The Balaban J connectivity index is 1.62. The number of thioether (sulfide) groups is 1. The zero-order valence-corrected chi connectivity index (χ0v) is 21.5. The number of nitrogens with zero attached hydrogens (tertiary/aromatic N) is 2. The van der Waals surface area contributed by atoms with Crippen molar-refractivity contribution in [1.82, 2.24) is 10.4 Å². The summed E-state index contributed by atoms with van der Waals surface area (Å²) in [6.45, 7) is 0. The van der Waals surface area contributed by atoms with Crippen molar-refractivity contribution in [2.45, 2.75) is 16.4 Å². The van der Waals surface area contributed by atoms with E-state index >= 15 is 0 Å². The van der Waals surface area contributed by atoms with Crippen LogP contribution in [0.2, 0.25) is 5.02 Å². The molecule has 0 saturated carbocycles. The zero-order chi connectivity index (χ0) is 28.0. The lowest BCUT2D eigenvalue weighted by Gasteiger charge is -2.20. The van der Waals surface area contributed by atoms with Gasteiger partial charge in [0.1, 0.15) is 6.04 Å². The zero-order valence-electron chi connectivity index (χ0n) is 19.9. The van der Waals surface area contributed by atoms with Gasteiger partial charge in [0.15, 0.2) is 0 Å². The second-order valence-electron chi connectivity index (χ2n) is 8.05. The van der Waals surface area contributed by atoms with Crippen LogP contribution in [-0.4, -0.2) is 33.4 Å². The van der Waals surface area contributed by atoms with Crippen LogP contribution < -0.4 is 10.6 Å². The maximum Gasteiger partial charge on any atom is 0.446 e. The van der Waals surface area contributed by atoms with E-state index in [9.17, 15) is 28.0 Å². The van der Waals surface area contributed by atoms with Gasteiger partial charge in [0.05, 0.1) is 11.4 Å². The van der Waals surface area contributed by atoms with E-state index < -0.39 is 35.3 Å². The number of alkyl halides is 3. The van der Waals surface area contributed by atoms with Gasteiger partial charge in [0, 0.05) is 27.4 Å². The minimum absolute atomic E-state index is 0.0675. The first-order valence-corrected chi connectivity index (χ1v) is 12.5. The fraction of sp³-hybridized carbons (Fsp3) is 0.0741. The van der Waals surface area contributed by atoms with Crippen LogP contribution in [0.15, 0.2) is 118 Å². The van der Waals surface area contributed by atoms with Gasteiger partial charge >= 0.3 is 11.5 Å². The molecule has 3 amide bonds. The monoisotopic (exact) mass is 572 g/mol. The number of urea groups is 1. The van der Waals surface area contributed by atoms with Crippen LogP contribution in [0, 0.1) is 0 Å². The molecule has 4 rings (SSSR count). The van der Waals surface area contributed by atoms with Crippen molar-refractivity contribution in [2.24, 2.45) is 4.99 Å². The number of aliphatic imine (C=N–C) groups is 1. The number of benzene rings is 2. The third-order valence-corrected chi connectivity index (χ3v) is 6.40. The summed E-state index contributed by atoms with van der Waals surface area (Å²) in [5, 5.41) is 16.3. The molecule has 0 fully saturated rings. The Morgan fingerprint density at radius 3 is 2.33 bits per heavy atom. The van der Waals surface area contributed by atoms with Crippen LogP contribution in [0.1, 0.15) is 11.6 Å². The number of amides is 3. The number of hydrogen-bond acceptors (Lipinski definition) is 5. The summed E-state index contributed by atoms with van der Waals surface area (Å²) in [6, 6.07) is 9.19. The minimum Gasteiger partial charge on any atom is -0.322 e. The number of halogens is 4. The van der Waals surface area contributed by atoms with Crippen molar-refractivity contribution >= 4 is 46.7 Å². The fourth-order valence-corrected chi connectivity index (χ4v) is 4.43. The van der Waals surface area contributed by atoms with Crippen molar-refractivity contribution < 1.29 is 28.0 Å². The van der Waals surface area contributed by atoms with E-state index in [-0.39, 0.29) is 16.2 Å². The van der Waals surface area contributed by atoms with Crippen LogP contribution in [0.4, 0.5) is 23.7 Å². The van der Waals surface area contributed by atoms with Gasteiger partial charge in [0.25, 0.3) is 5.91 Å². The van der Waals surface area contributed by atoms with Gasteiger partial charge in [-0.2, -0.15) is 13.2 Å². The third kappa shape index (κ3) is 7.73. The Morgan fingerprint density at radius 1 is 0.974 bits per heavy atom. The summed E-state index contributed by atoms with van der Waals surface area (Å²) >= 11 is 5.47. The molecule has 0 bridgehead atoms. The number of carbonyl (C=O) groups is 2. The highest BCUT2D eigenvalue weighted by Crippen LogP contribution is 2.40. The van der Waals surface area contributed by atoms with Gasteiger partial charge in [-0.1, -0.05) is 48.0 Å². The molecule has 1 aliphatic carbocycles. The van der Waals surface area contributed by atoms with Crippen molar-refractivity contribution in [1.29, 1.82) is 0 Å². The molecule has 1 aliphatic heterocycles. The lowest BCUT2D eigenvalue weighted by molar-refractivity contribution is -0.119. The Bertz CT molecular complexity index is 1430. The molecule has 7 nitrogen and oxygen atoms in total. The number of hydrogen-bond donors (Lipinski definition) is 3. The normalized spacial score (nSPS) is 15.4. The molecule has 0 radical (unpaired) electrons. The highest BCUT2D eigenvalue weighted by Gasteiger charge is 2.33. The maximum atomic E-state index is 13.3. The van der Waals surface area contributed by atoms with Crippen LogP contribution >= 0.6 is 23.4 Å². The Hall–Kier alpha value is -4.06. The van der Waals surface area contributed by atoms with E-state index in [4.69, 9.17) is 11.6 Å². The first-order chi connectivity index (χ1) is 18.6. The molecular formula is C27H20ClF3N4O3S. The molecule has 0 saturated heterocycles. The van der Waals surface area contributed by atoms with Crippen molar-refractivity contribution in [3.8, 4) is 0 Å². The molecule has 1 heterocycles. The summed E-state index contributed by atoms with van der Waals surface area (Å²) in [4.78, 5) is 29.9. The molecule has 2 aromatic carbocycles. The molecular weight excluding hydrogens is 553 g/mol. The van der Waals surface area contributed by atoms with E-state index in [0.717, 1.165) is 5.06 Å². The molecule has 0 spiro atoms.